The largest absolute Gasteiger partial charge is 0.398 e. The van der Waals surface area contributed by atoms with Crippen LogP contribution in [0.4, 0.5) is 5.69 Å². The predicted molar refractivity (Wildman–Crippen MR) is 85.6 cm³/mol. The van der Waals surface area contributed by atoms with Crippen molar-refractivity contribution in [2.45, 2.75) is 19.9 Å². The fourth-order valence-corrected chi connectivity index (χ4v) is 2.67. The first-order valence-electron chi connectivity index (χ1n) is 6.40. The number of amides is 1. The number of rotatable bonds is 3. The van der Waals surface area contributed by atoms with Gasteiger partial charge in [0.15, 0.2) is 0 Å². The summed E-state index contributed by atoms with van der Waals surface area (Å²) in [6.07, 6.45) is 0. The van der Waals surface area contributed by atoms with Gasteiger partial charge in [-0.05, 0) is 37.6 Å². The zero-order valence-electron chi connectivity index (χ0n) is 11.5. The van der Waals surface area contributed by atoms with Gasteiger partial charge < -0.3 is 11.1 Å². The van der Waals surface area contributed by atoms with Crippen LogP contribution in [-0.4, -0.2) is 5.91 Å². The lowest BCUT2D eigenvalue weighted by Gasteiger charge is -2.16. The van der Waals surface area contributed by atoms with Gasteiger partial charge in [-0.1, -0.05) is 45.8 Å². The fourth-order valence-electron chi connectivity index (χ4n) is 2.05. The van der Waals surface area contributed by atoms with Gasteiger partial charge in [0, 0.05) is 10.2 Å². The summed E-state index contributed by atoms with van der Waals surface area (Å²) in [6.45, 7) is 3.89. The zero-order chi connectivity index (χ0) is 14.7. The molecule has 3 nitrogen and oxygen atoms in total. The lowest BCUT2D eigenvalue weighted by molar-refractivity contribution is 0.0940. The second-order valence-electron chi connectivity index (χ2n) is 4.81. The van der Waals surface area contributed by atoms with E-state index in [-0.39, 0.29) is 11.9 Å². The summed E-state index contributed by atoms with van der Waals surface area (Å²) in [5.74, 6) is -0.158. The normalized spacial score (nSPS) is 11.9. The van der Waals surface area contributed by atoms with Crippen LogP contribution < -0.4 is 11.1 Å². The minimum absolute atomic E-state index is 0.0991. The number of nitrogens with one attached hydrogen (secondary N) is 1. The van der Waals surface area contributed by atoms with Crippen molar-refractivity contribution in [3.63, 3.8) is 0 Å². The average Bonchev–Trinajstić information content (AvgIpc) is 2.41. The molecule has 104 valence electrons. The Morgan fingerprint density at radius 1 is 1.25 bits per heavy atom. The van der Waals surface area contributed by atoms with E-state index in [9.17, 15) is 4.79 Å². The molecule has 0 spiro atoms. The summed E-state index contributed by atoms with van der Waals surface area (Å²) in [6, 6.07) is 13.2. The summed E-state index contributed by atoms with van der Waals surface area (Å²) < 4.78 is 0.977. The average molecular weight is 333 g/mol. The highest BCUT2D eigenvalue weighted by Crippen LogP contribution is 2.23. The van der Waals surface area contributed by atoms with Crippen LogP contribution >= 0.6 is 15.9 Å². The maximum Gasteiger partial charge on any atom is 0.253 e. The second-order valence-corrected chi connectivity index (χ2v) is 5.66. The molecule has 2 aromatic rings. The molecular weight excluding hydrogens is 316 g/mol. The number of carbonyl (C=O) groups is 1. The number of carbonyl (C=O) groups excluding carboxylic acids is 1. The summed E-state index contributed by atoms with van der Waals surface area (Å²) in [7, 11) is 0. The topological polar surface area (TPSA) is 55.1 Å². The summed E-state index contributed by atoms with van der Waals surface area (Å²) in [4.78, 5) is 12.3. The SMILES string of the molecule is Cc1ccc(N)c(C(=O)NC(C)c2ccccc2Br)c1. The van der Waals surface area contributed by atoms with Crippen molar-refractivity contribution in [2.75, 3.05) is 5.73 Å². The number of hydrogen-bond donors (Lipinski definition) is 2. The molecule has 0 radical (unpaired) electrons. The van der Waals surface area contributed by atoms with Crippen LogP contribution in [0, 0.1) is 6.92 Å². The molecule has 4 heteroatoms. The number of halogens is 1. The van der Waals surface area contributed by atoms with Crippen LogP contribution in [-0.2, 0) is 0 Å². The molecule has 0 aliphatic carbocycles. The minimum Gasteiger partial charge on any atom is -0.398 e. The predicted octanol–water partition coefficient (Wildman–Crippen LogP) is 3.83. The smallest absolute Gasteiger partial charge is 0.253 e. The molecule has 0 bridgehead atoms. The summed E-state index contributed by atoms with van der Waals surface area (Å²) in [5.41, 5.74) is 8.92. The Balaban J connectivity index is 2.20. The number of nitrogens with two attached hydrogens (primary N) is 1. The van der Waals surface area contributed by atoms with E-state index >= 15 is 0 Å². The van der Waals surface area contributed by atoms with Crippen molar-refractivity contribution in [3.8, 4) is 0 Å². The number of aryl methyl sites for hydroxylation is 1. The van der Waals surface area contributed by atoms with Crippen LogP contribution in [0.5, 0.6) is 0 Å². The molecule has 1 unspecified atom stereocenters. The Morgan fingerprint density at radius 3 is 2.65 bits per heavy atom. The maximum atomic E-state index is 12.3. The summed E-state index contributed by atoms with van der Waals surface area (Å²) >= 11 is 3.49. The fraction of sp³-hybridized carbons (Fsp3) is 0.188. The highest BCUT2D eigenvalue weighted by atomic mass is 79.9. The van der Waals surface area contributed by atoms with Crippen molar-refractivity contribution < 1.29 is 4.79 Å². The standard InChI is InChI=1S/C16H17BrN2O/c1-10-7-8-15(18)13(9-10)16(20)19-11(2)12-5-3-4-6-14(12)17/h3-9,11H,18H2,1-2H3,(H,19,20). The van der Waals surface area contributed by atoms with Crippen LogP contribution in [0.1, 0.15) is 34.5 Å². The molecule has 20 heavy (non-hydrogen) atoms. The number of anilines is 1. The van der Waals surface area contributed by atoms with Crippen LogP contribution in [0.3, 0.4) is 0 Å². The Morgan fingerprint density at radius 2 is 1.95 bits per heavy atom. The van der Waals surface area contributed by atoms with Crippen molar-refractivity contribution in [1.82, 2.24) is 5.32 Å². The van der Waals surface area contributed by atoms with Crippen LogP contribution in [0.2, 0.25) is 0 Å². The van der Waals surface area contributed by atoms with Gasteiger partial charge in [-0.2, -0.15) is 0 Å². The van der Waals surface area contributed by atoms with Gasteiger partial charge >= 0.3 is 0 Å². The quantitative estimate of drug-likeness (QED) is 0.839. The third-order valence-corrected chi connectivity index (χ3v) is 3.89. The third kappa shape index (κ3) is 3.20. The Bertz CT molecular complexity index is 640. The van der Waals surface area contributed by atoms with Crippen molar-refractivity contribution in [2.24, 2.45) is 0 Å². The molecular formula is C16H17BrN2O. The molecule has 0 saturated carbocycles. The van der Waals surface area contributed by atoms with Gasteiger partial charge in [0.25, 0.3) is 5.91 Å². The van der Waals surface area contributed by atoms with Gasteiger partial charge in [0.05, 0.1) is 11.6 Å². The van der Waals surface area contributed by atoms with E-state index in [0.717, 1.165) is 15.6 Å². The van der Waals surface area contributed by atoms with Crippen LogP contribution in [0.15, 0.2) is 46.9 Å². The Kier molecular flexibility index (Phi) is 4.45. The van der Waals surface area contributed by atoms with Gasteiger partial charge in [0.1, 0.15) is 0 Å². The molecule has 0 saturated heterocycles. The molecule has 2 aromatic carbocycles. The molecule has 1 atom stereocenters. The third-order valence-electron chi connectivity index (χ3n) is 3.17. The minimum atomic E-state index is -0.158. The molecule has 2 rings (SSSR count). The van der Waals surface area contributed by atoms with Gasteiger partial charge in [0.2, 0.25) is 0 Å². The molecule has 0 fully saturated rings. The second kappa shape index (κ2) is 6.09. The lowest BCUT2D eigenvalue weighted by Crippen LogP contribution is -2.27. The zero-order valence-corrected chi connectivity index (χ0v) is 13.1. The molecule has 0 heterocycles. The Hall–Kier alpha value is -1.81. The van der Waals surface area contributed by atoms with Crippen molar-refractivity contribution in [1.29, 1.82) is 0 Å². The summed E-state index contributed by atoms with van der Waals surface area (Å²) in [5, 5.41) is 2.97. The monoisotopic (exact) mass is 332 g/mol. The highest BCUT2D eigenvalue weighted by Gasteiger charge is 2.15. The van der Waals surface area contributed by atoms with Crippen molar-refractivity contribution >= 4 is 27.5 Å². The van der Waals surface area contributed by atoms with Gasteiger partial charge in [-0.25, -0.2) is 0 Å². The van der Waals surface area contributed by atoms with E-state index in [4.69, 9.17) is 5.73 Å². The highest BCUT2D eigenvalue weighted by molar-refractivity contribution is 9.10. The molecule has 3 N–H and O–H groups in total. The van der Waals surface area contributed by atoms with E-state index in [1.165, 1.54) is 0 Å². The number of hydrogen-bond acceptors (Lipinski definition) is 2. The van der Waals surface area contributed by atoms with E-state index < -0.39 is 0 Å². The van der Waals surface area contributed by atoms with Crippen molar-refractivity contribution in [3.05, 3.63) is 63.6 Å². The number of nitrogen functional groups attached to an aromatic ring is 1. The lowest BCUT2D eigenvalue weighted by atomic mass is 10.1. The molecule has 1 amide bonds. The Labute approximate surface area is 127 Å². The number of benzene rings is 2. The molecule has 0 aliphatic rings. The van der Waals surface area contributed by atoms with Gasteiger partial charge in [-0.3, -0.25) is 4.79 Å². The maximum absolute atomic E-state index is 12.3. The van der Waals surface area contributed by atoms with E-state index in [1.807, 2.05) is 44.2 Å². The van der Waals surface area contributed by atoms with E-state index in [0.29, 0.717) is 11.3 Å². The first-order chi connectivity index (χ1) is 9.49. The van der Waals surface area contributed by atoms with Gasteiger partial charge in [-0.15, -0.1) is 0 Å². The molecule has 0 aromatic heterocycles. The molecule has 0 aliphatic heterocycles. The van der Waals surface area contributed by atoms with Crippen LogP contribution in [0.25, 0.3) is 0 Å². The van der Waals surface area contributed by atoms with E-state index in [1.54, 1.807) is 12.1 Å². The first kappa shape index (κ1) is 14.6. The van der Waals surface area contributed by atoms with E-state index in [2.05, 4.69) is 21.2 Å². The first-order valence-corrected chi connectivity index (χ1v) is 7.19.